The minimum Gasteiger partial charge on any atom is -0.279 e. The Hall–Kier alpha value is -1.57. The number of para-hydroxylation sites is 1. The van der Waals surface area contributed by atoms with E-state index in [2.05, 4.69) is 17.1 Å². The average molecular weight is 202 g/mol. The molecule has 0 atom stereocenters. The molecule has 0 aliphatic heterocycles. The van der Waals surface area contributed by atoms with Crippen molar-refractivity contribution in [2.24, 2.45) is 5.10 Å². The number of nitrogens with zero attached hydrogens (tertiary/aromatic N) is 1. The Labute approximate surface area is 91.7 Å². The van der Waals surface area contributed by atoms with Gasteiger partial charge < -0.3 is 0 Å². The second-order valence-corrected chi connectivity index (χ2v) is 3.51. The third kappa shape index (κ3) is 5.01. The Kier molecular flexibility index (Phi) is 5.23. The van der Waals surface area contributed by atoms with Crippen molar-refractivity contribution in [3.05, 3.63) is 43.0 Å². The second kappa shape index (κ2) is 6.82. The molecule has 0 unspecified atom stereocenters. The molecule has 0 aromatic heterocycles. The zero-order valence-electron chi connectivity index (χ0n) is 9.24. The van der Waals surface area contributed by atoms with E-state index in [4.69, 9.17) is 0 Å². The fourth-order valence-corrected chi connectivity index (χ4v) is 1.23. The Morgan fingerprint density at radius 3 is 2.80 bits per heavy atom. The molecule has 15 heavy (non-hydrogen) atoms. The van der Waals surface area contributed by atoms with E-state index in [1.165, 1.54) is 0 Å². The van der Waals surface area contributed by atoms with E-state index >= 15 is 0 Å². The Morgan fingerprint density at radius 1 is 1.40 bits per heavy atom. The molecule has 0 bridgehead atoms. The van der Waals surface area contributed by atoms with Crippen LogP contribution in [0.2, 0.25) is 0 Å². The number of hydrogen-bond acceptors (Lipinski definition) is 2. The number of benzene rings is 1. The van der Waals surface area contributed by atoms with E-state index in [1.807, 2.05) is 43.3 Å². The molecule has 0 fully saturated rings. The average Bonchev–Trinajstić information content (AvgIpc) is 2.28. The highest BCUT2D eigenvalue weighted by molar-refractivity contribution is 5.82. The van der Waals surface area contributed by atoms with Gasteiger partial charge >= 0.3 is 0 Å². The van der Waals surface area contributed by atoms with Gasteiger partial charge in [0.25, 0.3) is 0 Å². The monoisotopic (exact) mass is 202 g/mol. The summed E-state index contributed by atoms with van der Waals surface area (Å²) >= 11 is 0. The number of allylic oxidation sites excluding steroid dienone is 1. The summed E-state index contributed by atoms with van der Waals surface area (Å²) < 4.78 is 0. The summed E-state index contributed by atoms with van der Waals surface area (Å²) in [5.41, 5.74) is 5.19. The van der Waals surface area contributed by atoms with Gasteiger partial charge in [-0.2, -0.15) is 5.10 Å². The third-order valence-electron chi connectivity index (χ3n) is 2.10. The maximum atomic E-state index is 4.30. The van der Waals surface area contributed by atoms with E-state index in [0.29, 0.717) is 0 Å². The molecule has 2 nitrogen and oxygen atoms in total. The zero-order chi connectivity index (χ0) is 10.9. The molecule has 2 heteroatoms. The fourth-order valence-electron chi connectivity index (χ4n) is 1.23. The van der Waals surface area contributed by atoms with Gasteiger partial charge in [-0.05, 0) is 38.3 Å². The van der Waals surface area contributed by atoms with Crippen LogP contribution in [0.4, 0.5) is 5.69 Å². The molecule has 1 N–H and O–H groups in total. The molecule has 1 aromatic carbocycles. The van der Waals surface area contributed by atoms with Crippen LogP contribution in [0.5, 0.6) is 0 Å². The maximum Gasteiger partial charge on any atom is 0.0561 e. The normalized spacial score (nSPS) is 11.1. The van der Waals surface area contributed by atoms with Gasteiger partial charge in [-0.15, -0.1) is 6.58 Å². The number of rotatable bonds is 6. The molecule has 0 aliphatic rings. The highest BCUT2D eigenvalue weighted by atomic mass is 15.3. The lowest BCUT2D eigenvalue weighted by atomic mass is 10.2. The van der Waals surface area contributed by atoms with Crippen molar-refractivity contribution in [2.45, 2.75) is 26.2 Å². The second-order valence-electron chi connectivity index (χ2n) is 3.51. The predicted molar refractivity (Wildman–Crippen MR) is 67.2 cm³/mol. The number of hydrogen-bond donors (Lipinski definition) is 1. The molecular formula is C13H18N2. The van der Waals surface area contributed by atoms with Gasteiger partial charge in [-0.1, -0.05) is 24.3 Å². The summed E-state index contributed by atoms with van der Waals surface area (Å²) in [6, 6.07) is 9.97. The Morgan fingerprint density at radius 2 is 2.13 bits per heavy atom. The van der Waals surface area contributed by atoms with Crippen molar-refractivity contribution in [2.75, 3.05) is 5.43 Å². The number of anilines is 1. The zero-order valence-corrected chi connectivity index (χ0v) is 9.24. The van der Waals surface area contributed by atoms with E-state index in [1.54, 1.807) is 0 Å². The van der Waals surface area contributed by atoms with E-state index in [-0.39, 0.29) is 0 Å². The smallest absolute Gasteiger partial charge is 0.0561 e. The highest BCUT2D eigenvalue weighted by Gasteiger charge is 1.91. The van der Waals surface area contributed by atoms with E-state index in [9.17, 15) is 0 Å². The van der Waals surface area contributed by atoms with Crippen LogP contribution in [0.25, 0.3) is 0 Å². The summed E-state index contributed by atoms with van der Waals surface area (Å²) in [6.45, 7) is 5.74. The standard InChI is InChI=1S/C13H18N2/c1-3-4-6-9-12(2)14-15-13-10-7-5-8-11-13/h3,5,7-8,10-11,15H,1,4,6,9H2,2H3/b14-12+. The highest BCUT2D eigenvalue weighted by Crippen LogP contribution is 2.05. The largest absolute Gasteiger partial charge is 0.279 e. The van der Waals surface area contributed by atoms with Crippen molar-refractivity contribution in [1.29, 1.82) is 0 Å². The van der Waals surface area contributed by atoms with Crippen molar-refractivity contribution in [1.82, 2.24) is 0 Å². The maximum absolute atomic E-state index is 4.30. The van der Waals surface area contributed by atoms with Gasteiger partial charge in [0.2, 0.25) is 0 Å². The Balaban J connectivity index is 2.33. The first-order valence-corrected chi connectivity index (χ1v) is 5.28. The topological polar surface area (TPSA) is 24.4 Å². The molecule has 0 spiro atoms. The van der Waals surface area contributed by atoms with Crippen LogP contribution in [0.15, 0.2) is 48.1 Å². The van der Waals surface area contributed by atoms with Gasteiger partial charge in [-0.25, -0.2) is 0 Å². The van der Waals surface area contributed by atoms with Crippen LogP contribution in [0, 0.1) is 0 Å². The lowest BCUT2D eigenvalue weighted by Gasteiger charge is -2.02. The number of hydrazone groups is 1. The van der Waals surface area contributed by atoms with E-state index in [0.717, 1.165) is 30.7 Å². The fraction of sp³-hybridized carbons (Fsp3) is 0.308. The molecule has 1 rings (SSSR count). The quantitative estimate of drug-likeness (QED) is 0.322. The van der Waals surface area contributed by atoms with Crippen LogP contribution in [-0.2, 0) is 0 Å². The number of unbranched alkanes of at least 4 members (excludes halogenated alkanes) is 1. The molecule has 0 saturated carbocycles. The summed E-state index contributed by atoms with van der Waals surface area (Å²) in [5, 5.41) is 4.30. The van der Waals surface area contributed by atoms with Crippen LogP contribution in [-0.4, -0.2) is 5.71 Å². The lowest BCUT2D eigenvalue weighted by Crippen LogP contribution is -1.97. The SMILES string of the molecule is C=CCCC/C(C)=N/Nc1ccccc1. The Bertz CT molecular complexity index is 315. The lowest BCUT2D eigenvalue weighted by molar-refractivity contribution is 0.890. The summed E-state index contributed by atoms with van der Waals surface area (Å²) in [5.74, 6) is 0. The molecule has 0 aliphatic carbocycles. The molecule has 0 radical (unpaired) electrons. The van der Waals surface area contributed by atoms with Crippen molar-refractivity contribution >= 4 is 11.4 Å². The van der Waals surface area contributed by atoms with Crippen LogP contribution < -0.4 is 5.43 Å². The molecule has 0 heterocycles. The van der Waals surface area contributed by atoms with Gasteiger partial charge in [0.05, 0.1) is 5.69 Å². The first-order chi connectivity index (χ1) is 7.33. The molecule has 1 aromatic rings. The van der Waals surface area contributed by atoms with Crippen molar-refractivity contribution < 1.29 is 0 Å². The first-order valence-electron chi connectivity index (χ1n) is 5.28. The minimum absolute atomic E-state index is 1.02. The van der Waals surface area contributed by atoms with Crippen molar-refractivity contribution in [3.63, 3.8) is 0 Å². The van der Waals surface area contributed by atoms with Crippen LogP contribution in [0.3, 0.4) is 0 Å². The molecule has 0 saturated heterocycles. The first kappa shape index (κ1) is 11.5. The minimum atomic E-state index is 1.02. The molecular weight excluding hydrogens is 184 g/mol. The van der Waals surface area contributed by atoms with Gasteiger partial charge in [0, 0.05) is 5.71 Å². The van der Waals surface area contributed by atoms with Gasteiger partial charge in [0.1, 0.15) is 0 Å². The van der Waals surface area contributed by atoms with E-state index < -0.39 is 0 Å². The third-order valence-corrected chi connectivity index (χ3v) is 2.10. The predicted octanol–water partition coefficient (Wildman–Crippen LogP) is 3.83. The number of nitrogens with one attached hydrogen (secondary N) is 1. The molecule has 80 valence electrons. The van der Waals surface area contributed by atoms with Crippen molar-refractivity contribution in [3.8, 4) is 0 Å². The van der Waals surface area contributed by atoms with Gasteiger partial charge in [0.15, 0.2) is 0 Å². The molecule has 0 amide bonds. The summed E-state index contributed by atoms with van der Waals surface area (Å²) in [4.78, 5) is 0. The summed E-state index contributed by atoms with van der Waals surface area (Å²) in [6.07, 6.45) is 5.14. The van der Waals surface area contributed by atoms with Gasteiger partial charge in [-0.3, -0.25) is 5.43 Å². The summed E-state index contributed by atoms with van der Waals surface area (Å²) in [7, 11) is 0. The van der Waals surface area contributed by atoms with Crippen LogP contribution >= 0.6 is 0 Å². The van der Waals surface area contributed by atoms with Crippen LogP contribution in [0.1, 0.15) is 26.2 Å².